The molecule has 1 heterocycles. The Morgan fingerprint density at radius 3 is 2.55 bits per heavy atom. The Hall–Kier alpha value is -1.65. The summed E-state index contributed by atoms with van der Waals surface area (Å²) in [5, 5.41) is 11.1. The fourth-order valence-electron chi connectivity index (χ4n) is 2.70. The number of hydrogen-bond donors (Lipinski definition) is 1. The molecule has 0 radical (unpaired) electrons. The fourth-order valence-corrected chi connectivity index (χ4v) is 2.70. The van der Waals surface area contributed by atoms with Crippen molar-refractivity contribution in [3.05, 3.63) is 17.8 Å². The van der Waals surface area contributed by atoms with Crippen molar-refractivity contribution in [3.8, 4) is 0 Å². The van der Waals surface area contributed by atoms with Crippen molar-refractivity contribution in [2.24, 2.45) is 5.92 Å². The SMILES string of the molecule is CCNc1ccc(C(=O)N(C)C2CCC(C)CC2)nn1. The highest BCUT2D eigenvalue weighted by Crippen LogP contribution is 2.27. The molecule has 2 rings (SSSR count). The molecule has 1 aromatic heterocycles. The minimum absolute atomic E-state index is 0.0277. The zero-order valence-corrected chi connectivity index (χ0v) is 12.6. The largest absolute Gasteiger partial charge is 0.369 e. The van der Waals surface area contributed by atoms with E-state index in [-0.39, 0.29) is 5.91 Å². The third-order valence-electron chi connectivity index (χ3n) is 4.10. The molecule has 1 aliphatic carbocycles. The van der Waals surface area contributed by atoms with Crippen LogP contribution in [0.4, 0.5) is 5.82 Å². The number of anilines is 1. The van der Waals surface area contributed by atoms with Crippen molar-refractivity contribution in [2.45, 2.75) is 45.6 Å². The highest BCUT2D eigenvalue weighted by atomic mass is 16.2. The summed E-state index contributed by atoms with van der Waals surface area (Å²) in [6.07, 6.45) is 4.58. The van der Waals surface area contributed by atoms with E-state index in [2.05, 4.69) is 22.4 Å². The third-order valence-corrected chi connectivity index (χ3v) is 4.10. The number of carbonyl (C=O) groups is 1. The molecule has 1 aliphatic rings. The van der Waals surface area contributed by atoms with Gasteiger partial charge >= 0.3 is 0 Å². The Morgan fingerprint density at radius 1 is 1.30 bits per heavy atom. The van der Waals surface area contributed by atoms with Gasteiger partial charge in [-0.05, 0) is 50.7 Å². The predicted octanol–water partition coefficient (Wildman–Crippen LogP) is 2.56. The molecule has 0 unspecified atom stereocenters. The lowest BCUT2D eigenvalue weighted by molar-refractivity contribution is 0.0672. The van der Waals surface area contributed by atoms with Crippen LogP contribution >= 0.6 is 0 Å². The standard InChI is InChI=1S/C15H24N4O/c1-4-16-14-10-9-13(17-18-14)15(20)19(3)12-7-5-11(2)6-8-12/h9-12H,4-8H2,1-3H3,(H,16,18). The van der Waals surface area contributed by atoms with Gasteiger partial charge in [-0.2, -0.15) is 0 Å². The van der Waals surface area contributed by atoms with Gasteiger partial charge in [-0.1, -0.05) is 6.92 Å². The summed E-state index contributed by atoms with van der Waals surface area (Å²) in [5.74, 6) is 1.47. The summed E-state index contributed by atoms with van der Waals surface area (Å²) in [6.45, 7) is 5.07. The van der Waals surface area contributed by atoms with Gasteiger partial charge in [-0.25, -0.2) is 0 Å². The van der Waals surface area contributed by atoms with Gasteiger partial charge in [0.05, 0.1) is 0 Å². The second-order valence-corrected chi connectivity index (χ2v) is 5.66. The van der Waals surface area contributed by atoms with Crippen LogP contribution in [0.5, 0.6) is 0 Å². The first-order valence-electron chi connectivity index (χ1n) is 7.46. The van der Waals surface area contributed by atoms with Crippen molar-refractivity contribution in [3.63, 3.8) is 0 Å². The highest BCUT2D eigenvalue weighted by Gasteiger charge is 2.26. The molecule has 0 saturated heterocycles. The molecule has 0 aliphatic heterocycles. The lowest BCUT2D eigenvalue weighted by atomic mass is 9.86. The summed E-state index contributed by atoms with van der Waals surface area (Å²) in [7, 11) is 1.88. The minimum atomic E-state index is -0.0277. The Balaban J connectivity index is 1.99. The van der Waals surface area contributed by atoms with Crippen molar-refractivity contribution < 1.29 is 4.79 Å². The molecule has 1 fully saturated rings. The zero-order chi connectivity index (χ0) is 14.5. The molecule has 5 heteroatoms. The van der Waals surface area contributed by atoms with E-state index in [0.717, 1.165) is 25.3 Å². The molecule has 20 heavy (non-hydrogen) atoms. The van der Waals surface area contributed by atoms with E-state index in [1.54, 1.807) is 12.1 Å². The van der Waals surface area contributed by atoms with Crippen LogP contribution in [0.3, 0.4) is 0 Å². The Labute approximate surface area is 120 Å². The van der Waals surface area contributed by atoms with Crippen LogP contribution in [0.2, 0.25) is 0 Å². The first-order valence-corrected chi connectivity index (χ1v) is 7.46. The second-order valence-electron chi connectivity index (χ2n) is 5.66. The van der Waals surface area contributed by atoms with Gasteiger partial charge in [0.2, 0.25) is 0 Å². The van der Waals surface area contributed by atoms with Crippen LogP contribution in [0.15, 0.2) is 12.1 Å². The molecule has 1 aromatic rings. The van der Waals surface area contributed by atoms with Crippen LogP contribution < -0.4 is 5.32 Å². The van der Waals surface area contributed by atoms with Gasteiger partial charge in [-0.3, -0.25) is 4.79 Å². The first kappa shape index (κ1) is 14.8. The van der Waals surface area contributed by atoms with Gasteiger partial charge in [0.15, 0.2) is 5.69 Å². The zero-order valence-electron chi connectivity index (χ0n) is 12.6. The molecular formula is C15H24N4O. The number of carbonyl (C=O) groups excluding carboxylic acids is 1. The van der Waals surface area contributed by atoms with Gasteiger partial charge in [0, 0.05) is 19.6 Å². The van der Waals surface area contributed by atoms with E-state index in [4.69, 9.17) is 0 Å². The highest BCUT2D eigenvalue weighted by molar-refractivity contribution is 5.92. The van der Waals surface area contributed by atoms with E-state index in [9.17, 15) is 4.79 Å². The molecule has 0 atom stereocenters. The van der Waals surface area contributed by atoms with Gasteiger partial charge in [-0.15, -0.1) is 10.2 Å². The maximum absolute atomic E-state index is 12.4. The van der Waals surface area contributed by atoms with E-state index < -0.39 is 0 Å². The molecule has 1 saturated carbocycles. The molecule has 5 nitrogen and oxygen atoms in total. The number of nitrogens with one attached hydrogen (secondary N) is 1. The van der Waals surface area contributed by atoms with Crippen LogP contribution in [0, 0.1) is 5.92 Å². The van der Waals surface area contributed by atoms with E-state index in [0.29, 0.717) is 17.6 Å². The maximum Gasteiger partial charge on any atom is 0.274 e. The molecule has 1 amide bonds. The van der Waals surface area contributed by atoms with Crippen LogP contribution in [0.25, 0.3) is 0 Å². The summed E-state index contributed by atoms with van der Waals surface area (Å²) >= 11 is 0. The lowest BCUT2D eigenvalue weighted by Gasteiger charge is -2.33. The Bertz CT molecular complexity index is 438. The van der Waals surface area contributed by atoms with Crippen molar-refractivity contribution in [1.82, 2.24) is 15.1 Å². The van der Waals surface area contributed by atoms with Crippen LogP contribution in [-0.2, 0) is 0 Å². The lowest BCUT2D eigenvalue weighted by Crippen LogP contribution is -2.39. The average molecular weight is 276 g/mol. The van der Waals surface area contributed by atoms with Crippen molar-refractivity contribution in [2.75, 3.05) is 18.9 Å². The van der Waals surface area contributed by atoms with Gasteiger partial charge < -0.3 is 10.2 Å². The minimum Gasteiger partial charge on any atom is -0.369 e. The topological polar surface area (TPSA) is 58.1 Å². The molecule has 0 spiro atoms. The molecule has 0 aromatic carbocycles. The number of hydrogen-bond acceptors (Lipinski definition) is 4. The summed E-state index contributed by atoms with van der Waals surface area (Å²) in [6, 6.07) is 3.89. The fraction of sp³-hybridized carbons (Fsp3) is 0.667. The maximum atomic E-state index is 12.4. The van der Waals surface area contributed by atoms with Gasteiger partial charge in [0.25, 0.3) is 5.91 Å². The number of rotatable bonds is 4. The molecule has 0 bridgehead atoms. The smallest absolute Gasteiger partial charge is 0.274 e. The average Bonchev–Trinajstić information content (AvgIpc) is 2.48. The molecule has 1 N–H and O–H groups in total. The van der Waals surface area contributed by atoms with E-state index in [1.807, 2.05) is 18.9 Å². The number of nitrogens with zero attached hydrogens (tertiary/aromatic N) is 3. The first-order chi connectivity index (χ1) is 9.61. The van der Waals surface area contributed by atoms with Crippen LogP contribution in [0.1, 0.15) is 50.0 Å². The second kappa shape index (κ2) is 6.68. The summed E-state index contributed by atoms with van der Waals surface area (Å²) < 4.78 is 0. The third kappa shape index (κ3) is 3.46. The van der Waals surface area contributed by atoms with E-state index >= 15 is 0 Å². The van der Waals surface area contributed by atoms with Crippen molar-refractivity contribution in [1.29, 1.82) is 0 Å². The summed E-state index contributed by atoms with van der Waals surface area (Å²) in [4.78, 5) is 14.2. The predicted molar refractivity (Wildman–Crippen MR) is 79.7 cm³/mol. The van der Waals surface area contributed by atoms with Crippen molar-refractivity contribution >= 4 is 11.7 Å². The van der Waals surface area contributed by atoms with E-state index in [1.165, 1.54) is 12.8 Å². The molecule has 110 valence electrons. The Kier molecular flexibility index (Phi) is 4.93. The molecular weight excluding hydrogens is 252 g/mol. The monoisotopic (exact) mass is 276 g/mol. The number of aromatic nitrogens is 2. The normalized spacial score (nSPS) is 22.4. The number of amides is 1. The Morgan fingerprint density at radius 2 is 2.00 bits per heavy atom. The summed E-state index contributed by atoms with van der Waals surface area (Å²) in [5.41, 5.74) is 0.424. The van der Waals surface area contributed by atoms with Gasteiger partial charge in [0.1, 0.15) is 5.82 Å². The van der Waals surface area contributed by atoms with Crippen LogP contribution in [-0.4, -0.2) is 40.6 Å². The quantitative estimate of drug-likeness (QED) is 0.918.